The number of piperidine rings is 1. The number of methoxy groups -OCH3 is 1. The van der Waals surface area contributed by atoms with Gasteiger partial charge in [0.2, 0.25) is 17.7 Å². The summed E-state index contributed by atoms with van der Waals surface area (Å²) >= 11 is 0. The number of likely N-dealkylation sites (tertiary alicyclic amines) is 1. The lowest BCUT2D eigenvalue weighted by molar-refractivity contribution is -0.133. The number of anilines is 1. The highest BCUT2D eigenvalue weighted by Gasteiger charge is 2.28. The molecule has 1 aliphatic rings. The second-order valence-corrected chi connectivity index (χ2v) is 7.20. The topological polar surface area (TPSA) is 80.8 Å². The van der Waals surface area contributed by atoms with E-state index in [9.17, 15) is 14.0 Å². The molecule has 160 valence electrons. The number of rotatable bonds is 8. The molecule has 1 saturated heterocycles. The van der Waals surface area contributed by atoms with E-state index in [1.165, 1.54) is 12.1 Å². The van der Waals surface area contributed by atoms with E-state index < -0.39 is 0 Å². The fourth-order valence-corrected chi connectivity index (χ4v) is 3.32. The standard InChI is InChI=1S/C22H26FN3O4/c1-29-11-12-30-20-9-8-19(14-24-20)25-22(28)17-3-2-10-26(15-17)21(27)13-16-4-6-18(23)7-5-16/h4-9,14,17H,2-3,10-13,15H2,1H3,(H,25,28). The van der Waals surface area contributed by atoms with Crippen LogP contribution in [0.1, 0.15) is 18.4 Å². The fraction of sp³-hybridized carbons (Fsp3) is 0.409. The Labute approximate surface area is 175 Å². The average Bonchev–Trinajstić information content (AvgIpc) is 2.77. The Morgan fingerprint density at radius 1 is 1.20 bits per heavy atom. The summed E-state index contributed by atoms with van der Waals surface area (Å²) in [7, 11) is 1.60. The maximum Gasteiger partial charge on any atom is 0.229 e. The molecule has 0 bridgehead atoms. The van der Waals surface area contributed by atoms with Gasteiger partial charge >= 0.3 is 0 Å². The first kappa shape index (κ1) is 21.7. The number of halogens is 1. The lowest BCUT2D eigenvalue weighted by Gasteiger charge is -2.32. The van der Waals surface area contributed by atoms with E-state index in [4.69, 9.17) is 9.47 Å². The third-order valence-electron chi connectivity index (χ3n) is 4.95. The van der Waals surface area contributed by atoms with Crippen LogP contribution >= 0.6 is 0 Å². The van der Waals surface area contributed by atoms with Crippen LogP contribution in [0, 0.1) is 11.7 Å². The molecule has 3 rings (SSSR count). The molecule has 0 saturated carbocycles. The Kier molecular flexibility index (Phi) is 7.73. The van der Waals surface area contributed by atoms with E-state index in [1.807, 2.05) is 0 Å². The van der Waals surface area contributed by atoms with Crippen molar-refractivity contribution in [3.8, 4) is 5.88 Å². The van der Waals surface area contributed by atoms with Crippen molar-refractivity contribution < 1.29 is 23.5 Å². The normalized spacial score (nSPS) is 16.2. The van der Waals surface area contributed by atoms with Crippen LogP contribution in [-0.4, -0.2) is 55.1 Å². The van der Waals surface area contributed by atoms with Crippen molar-refractivity contribution in [3.05, 3.63) is 54.0 Å². The Hall–Kier alpha value is -3.00. The van der Waals surface area contributed by atoms with Crippen molar-refractivity contribution in [1.29, 1.82) is 0 Å². The summed E-state index contributed by atoms with van der Waals surface area (Å²) in [5.41, 5.74) is 1.33. The van der Waals surface area contributed by atoms with Gasteiger partial charge in [-0.1, -0.05) is 12.1 Å². The van der Waals surface area contributed by atoms with Crippen molar-refractivity contribution in [3.63, 3.8) is 0 Å². The van der Waals surface area contributed by atoms with Gasteiger partial charge in [-0.05, 0) is 36.6 Å². The van der Waals surface area contributed by atoms with Crippen LogP contribution in [0.15, 0.2) is 42.6 Å². The van der Waals surface area contributed by atoms with Gasteiger partial charge in [-0.15, -0.1) is 0 Å². The maximum atomic E-state index is 13.0. The van der Waals surface area contributed by atoms with Gasteiger partial charge in [0.05, 0.1) is 30.8 Å². The number of benzene rings is 1. The van der Waals surface area contributed by atoms with Crippen molar-refractivity contribution in [2.24, 2.45) is 5.92 Å². The number of amides is 2. The van der Waals surface area contributed by atoms with E-state index in [2.05, 4.69) is 10.3 Å². The Balaban J connectivity index is 1.51. The quantitative estimate of drug-likeness (QED) is 0.671. The summed E-state index contributed by atoms with van der Waals surface area (Å²) in [6, 6.07) is 9.32. The summed E-state index contributed by atoms with van der Waals surface area (Å²) in [6.45, 7) is 1.87. The maximum absolute atomic E-state index is 13.0. The van der Waals surface area contributed by atoms with Crippen LogP contribution in [0.5, 0.6) is 5.88 Å². The highest BCUT2D eigenvalue weighted by molar-refractivity contribution is 5.93. The monoisotopic (exact) mass is 415 g/mol. The molecule has 1 aromatic carbocycles. The molecule has 0 radical (unpaired) electrons. The minimum absolute atomic E-state index is 0.0571. The van der Waals surface area contributed by atoms with Gasteiger partial charge in [0.1, 0.15) is 12.4 Å². The highest BCUT2D eigenvalue weighted by atomic mass is 19.1. The molecular weight excluding hydrogens is 389 g/mol. The minimum atomic E-state index is -0.329. The lowest BCUT2D eigenvalue weighted by atomic mass is 9.96. The third-order valence-corrected chi connectivity index (χ3v) is 4.95. The van der Waals surface area contributed by atoms with Gasteiger partial charge in [0, 0.05) is 26.3 Å². The van der Waals surface area contributed by atoms with E-state index in [1.54, 1.807) is 42.5 Å². The smallest absolute Gasteiger partial charge is 0.229 e. The van der Waals surface area contributed by atoms with E-state index in [-0.39, 0.29) is 30.0 Å². The minimum Gasteiger partial charge on any atom is -0.475 e. The van der Waals surface area contributed by atoms with Crippen molar-refractivity contribution >= 4 is 17.5 Å². The molecule has 1 N–H and O–H groups in total. The highest BCUT2D eigenvalue weighted by Crippen LogP contribution is 2.20. The number of hydrogen-bond acceptors (Lipinski definition) is 5. The van der Waals surface area contributed by atoms with Crippen molar-refractivity contribution in [2.45, 2.75) is 19.3 Å². The summed E-state index contributed by atoms with van der Waals surface area (Å²) in [4.78, 5) is 31.1. The largest absolute Gasteiger partial charge is 0.475 e. The molecule has 2 heterocycles. The third kappa shape index (κ3) is 6.25. The number of carbonyl (C=O) groups excluding carboxylic acids is 2. The predicted octanol–water partition coefficient (Wildman–Crippen LogP) is 2.67. The number of carbonyl (C=O) groups is 2. The SMILES string of the molecule is COCCOc1ccc(NC(=O)C2CCCN(C(=O)Cc3ccc(F)cc3)C2)cn1. The molecule has 2 aromatic rings. The second-order valence-electron chi connectivity index (χ2n) is 7.20. The van der Waals surface area contributed by atoms with Crippen molar-refractivity contribution in [2.75, 3.05) is 38.7 Å². The summed E-state index contributed by atoms with van der Waals surface area (Å²) in [6.07, 6.45) is 3.22. The molecule has 2 amide bonds. The van der Waals surface area contributed by atoms with Crippen LogP contribution in [-0.2, 0) is 20.7 Å². The molecule has 1 aromatic heterocycles. The van der Waals surface area contributed by atoms with Gasteiger partial charge in [-0.25, -0.2) is 9.37 Å². The zero-order chi connectivity index (χ0) is 21.3. The number of nitrogens with one attached hydrogen (secondary N) is 1. The molecule has 1 atom stereocenters. The Morgan fingerprint density at radius 3 is 2.70 bits per heavy atom. The van der Waals surface area contributed by atoms with Gasteiger partial charge in [-0.2, -0.15) is 0 Å². The van der Waals surface area contributed by atoms with Crippen LogP contribution in [0.4, 0.5) is 10.1 Å². The molecule has 1 aliphatic heterocycles. The Morgan fingerprint density at radius 2 is 2.00 bits per heavy atom. The Bertz CT molecular complexity index is 842. The summed E-state index contributed by atoms with van der Waals surface area (Å²) in [5, 5.41) is 2.86. The molecule has 0 spiro atoms. The zero-order valence-corrected chi connectivity index (χ0v) is 17.0. The second kappa shape index (κ2) is 10.7. The summed E-state index contributed by atoms with van der Waals surface area (Å²) < 4.78 is 23.4. The van der Waals surface area contributed by atoms with Crippen LogP contribution < -0.4 is 10.1 Å². The van der Waals surface area contributed by atoms with Crippen LogP contribution in [0.3, 0.4) is 0 Å². The predicted molar refractivity (Wildman–Crippen MR) is 110 cm³/mol. The molecule has 30 heavy (non-hydrogen) atoms. The molecule has 0 aliphatic carbocycles. The molecule has 1 fully saturated rings. The van der Waals surface area contributed by atoms with Gasteiger partial charge in [-0.3, -0.25) is 9.59 Å². The lowest BCUT2D eigenvalue weighted by Crippen LogP contribution is -2.44. The first-order valence-electron chi connectivity index (χ1n) is 9.96. The molecule has 8 heteroatoms. The number of pyridine rings is 1. The van der Waals surface area contributed by atoms with E-state index in [0.29, 0.717) is 37.9 Å². The number of nitrogens with zero attached hydrogens (tertiary/aromatic N) is 2. The van der Waals surface area contributed by atoms with Gasteiger partial charge in [0.15, 0.2) is 0 Å². The fourth-order valence-electron chi connectivity index (χ4n) is 3.32. The van der Waals surface area contributed by atoms with Crippen LogP contribution in [0.2, 0.25) is 0 Å². The van der Waals surface area contributed by atoms with Gasteiger partial charge in [0.25, 0.3) is 0 Å². The zero-order valence-electron chi connectivity index (χ0n) is 17.0. The first-order valence-corrected chi connectivity index (χ1v) is 9.96. The van der Waals surface area contributed by atoms with E-state index >= 15 is 0 Å². The van der Waals surface area contributed by atoms with E-state index in [0.717, 1.165) is 18.4 Å². The van der Waals surface area contributed by atoms with Gasteiger partial charge < -0.3 is 19.7 Å². The van der Waals surface area contributed by atoms with Crippen LogP contribution in [0.25, 0.3) is 0 Å². The molecule has 1 unspecified atom stereocenters. The first-order chi connectivity index (χ1) is 14.5. The number of ether oxygens (including phenoxy) is 2. The summed E-state index contributed by atoms with van der Waals surface area (Å²) in [5.74, 6) is -0.346. The van der Waals surface area contributed by atoms with Crippen molar-refractivity contribution in [1.82, 2.24) is 9.88 Å². The number of aromatic nitrogens is 1. The number of hydrogen-bond donors (Lipinski definition) is 1. The average molecular weight is 415 g/mol. The molecular formula is C22H26FN3O4. The molecule has 7 nitrogen and oxygen atoms in total.